The Morgan fingerprint density at radius 3 is 2.25 bits per heavy atom. The molecular formula is C20H22N4. The molecule has 3 rings (SSSR count). The molecule has 0 unspecified atom stereocenters. The van der Waals surface area contributed by atoms with Crippen molar-refractivity contribution in [3.8, 4) is 0 Å². The number of nitrogens with zero attached hydrogens (tertiary/aromatic N) is 2. The average Bonchev–Trinajstić information content (AvgIpc) is 2.61. The maximum absolute atomic E-state index is 4.46. The Kier molecular flexibility index (Phi) is 5.06. The summed E-state index contributed by atoms with van der Waals surface area (Å²) in [6.07, 6.45) is 1.04. The molecule has 0 radical (unpaired) electrons. The second-order valence-electron chi connectivity index (χ2n) is 5.70. The van der Waals surface area contributed by atoms with Gasteiger partial charge in [-0.25, -0.2) is 9.97 Å². The number of hydrogen-bond acceptors (Lipinski definition) is 4. The summed E-state index contributed by atoms with van der Waals surface area (Å²) < 4.78 is 0. The molecule has 0 spiro atoms. The summed E-state index contributed by atoms with van der Waals surface area (Å²) in [7, 11) is 0. The number of benzene rings is 2. The minimum Gasteiger partial charge on any atom is -0.366 e. The first kappa shape index (κ1) is 16.0. The molecule has 1 heterocycles. The van der Waals surface area contributed by atoms with Crippen molar-refractivity contribution in [1.29, 1.82) is 0 Å². The van der Waals surface area contributed by atoms with E-state index in [-0.39, 0.29) is 0 Å². The fraction of sp³-hybridized carbons (Fsp3) is 0.200. The summed E-state index contributed by atoms with van der Waals surface area (Å²) in [5, 5.41) is 6.70. The second-order valence-corrected chi connectivity index (χ2v) is 5.70. The number of hydrogen-bond donors (Lipinski definition) is 2. The van der Waals surface area contributed by atoms with Crippen LogP contribution >= 0.6 is 0 Å². The highest BCUT2D eigenvalue weighted by Crippen LogP contribution is 2.18. The predicted octanol–water partition coefficient (Wildman–Crippen LogP) is 4.70. The molecule has 0 saturated heterocycles. The van der Waals surface area contributed by atoms with Gasteiger partial charge in [-0.05, 0) is 36.6 Å². The Labute approximate surface area is 143 Å². The third-order valence-corrected chi connectivity index (χ3v) is 3.79. The van der Waals surface area contributed by atoms with E-state index < -0.39 is 0 Å². The van der Waals surface area contributed by atoms with Crippen molar-refractivity contribution >= 4 is 17.3 Å². The Bertz CT molecular complexity index is 782. The van der Waals surface area contributed by atoms with Gasteiger partial charge in [0.25, 0.3) is 0 Å². The average molecular weight is 318 g/mol. The SMILES string of the molecule is CCc1ccc(Nc2cc(NCc3ccccc3)nc(C)n2)cc1. The van der Waals surface area contributed by atoms with Crippen LogP contribution in [0, 0.1) is 6.92 Å². The maximum Gasteiger partial charge on any atom is 0.136 e. The van der Waals surface area contributed by atoms with E-state index in [4.69, 9.17) is 0 Å². The Hall–Kier alpha value is -2.88. The fourth-order valence-corrected chi connectivity index (χ4v) is 2.48. The molecule has 0 atom stereocenters. The summed E-state index contributed by atoms with van der Waals surface area (Å²) in [6.45, 7) is 4.79. The second kappa shape index (κ2) is 7.59. The molecule has 0 aliphatic rings. The first-order valence-electron chi connectivity index (χ1n) is 8.22. The molecule has 0 bridgehead atoms. The molecule has 122 valence electrons. The quantitative estimate of drug-likeness (QED) is 0.691. The summed E-state index contributed by atoms with van der Waals surface area (Å²) in [5.41, 5.74) is 3.57. The topological polar surface area (TPSA) is 49.8 Å². The zero-order valence-electron chi connectivity index (χ0n) is 14.1. The summed E-state index contributed by atoms with van der Waals surface area (Å²) in [5.74, 6) is 2.35. The van der Waals surface area contributed by atoms with Gasteiger partial charge in [0.15, 0.2) is 0 Å². The first-order valence-corrected chi connectivity index (χ1v) is 8.22. The van der Waals surface area contributed by atoms with E-state index in [2.05, 4.69) is 63.9 Å². The third-order valence-electron chi connectivity index (χ3n) is 3.79. The van der Waals surface area contributed by atoms with Crippen LogP contribution in [0.2, 0.25) is 0 Å². The molecule has 1 aromatic heterocycles. The van der Waals surface area contributed by atoms with Gasteiger partial charge < -0.3 is 10.6 Å². The molecule has 0 saturated carbocycles. The van der Waals surface area contributed by atoms with Crippen molar-refractivity contribution in [2.75, 3.05) is 10.6 Å². The van der Waals surface area contributed by atoms with Crippen molar-refractivity contribution in [2.45, 2.75) is 26.8 Å². The fourth-order valence-electron chi connectivity index (χ4n) is 2.48. The van der Waals surface area contributed by atoms with Crippen LogP contribution in [-0.4, -0.2) is 9.97 Å². The number of nitrogens with one attached hydrogen (secondary N) is 2. The minimum absolute atomic E-state index is 0.737. The van der Waals surface area contributed by atoms with Crippen molar-refractivity contribution < 1.29 is 0 Å². The number of aryl methyl sites for hydroxylation is 2. The van der Waals surface area contributed by atoms with E-state index in [0.29, 0.717) is 0 Å². The maximum atomic E-state index is 4.46. The van der Waals surface area contributed by atoms with E-state index in [9.17, 15) is 0 Å². The van der Waals surface area contributed by atoms with Crippen LogP contribution in [0.4, 0.5) is 17.3 Å². The largest absolute Gasteiger partial charge is 0.366 e. The van der Waals surface area contributed by atoms with Gasteiger partial charge in [-0.2, -0.15) is 0 Å². The van der Waals surface area contributed by atoms with Crippen LogP contribution < -0.4 is 10.6 Å². The van der Waals surface area contributed by atoms with Gasteiger partial charge in [-0.1, -0.05) is 49.4 Å². The highest BCUT2D eigenvalue weighted by Gasteiger charge is 2.03. The molecule has 2 aromatic carbocycles. The summed E-state index contributed by atoms with van der Waals surface area (Å²) in [4.78, 5) is 8.92. The van der Waals surface area contributed by atoms with Gasteiger partial charge in [0.1, 0.15) is 17.5 Å². The molecule has 0 fully saturated rings. The van der Waals surface area contributed by atoms with Crippen molar-refractivity contribution in [3.05, 3.63) is 77.6 Å². The molecule has 4 nitrogen and oxygen atoms in total. The van der Waals surface area contributed by atoms with Crippen LogP contribution in [0.3, 0.4) is 0 Å². The molecule has 0 aliphatic carbocycles. The lowest BCUT2D eigenvalue weighted by Crippen LogP contribution is -2.05. The smallest absolute Gasteiger partial charge is 0.136 e. The lowest BCUT2D eigenvalue weighted by molar-refractivity contribution is 1.03. The Morgan fingerprint density at radius 2 is 1.54 bits per heavy atom. The van der Waals surface area contributed by atoms with E-state index in [1.54, 1.807) is 0 Å². The van der Waals surface area contributed by atoms with E-state index in [0.717, 1.165) is 36.1 Å². The molecule has 4 heteroatoms. The standard InChI is InChI=1S/C20H22N4/c1-3-16-9-11-18(12-10-16)24-20-13-19(22-15(2)23-20)21-14-17-7-5-4-6-8-17/h4-13H,3,14H2,1-2H3,(H2,21,22,23,24). The lowest BCUT2D eigenvalue weighted by Gasteiger charge is -2.11. The normalized spacial score (nSPS) is 10.4. The highest BCUT2D eigenvalue weighted by molar-refractivity contribution is 5.59. The van der Waals surface area contributed by atoms with Crippen LogP contribution in [0.1, 0.15) is 23.9 Å². The molecule has 24 heavy (non-hydrogen) atoms. The molecule has 0 aliphatic heterocycles. The predicted molar refractivity (Wildman–Crippen MR) is 99.6 cm³/mol. The molecule has 2 N–H and O–H groups in total. The highest BCUT2D eigenvalue weighted by atomic mass is 15.1. The van der Waals surface area contributed by atoms with E-state index in [1.807, 2.05) is 31.2 Å². The van der Waals surface area contributed by atoms with Gasteiger partial charge in [0.2, 0.25) is 0 Å². The van der Waals surface area contributed by atoms with Gasteiger partial charge in [0.05, 0.1) is 0 Å². The Morgan fingerprint density at radius 1 is 0.833 bits per heavy atom. The number of anilines is 3. The third kappa shape index (κ3) is 4.32. The zero-order chi connectivity index (χ0) is 16.8. The minimum atomic E-state index is 0.737. The van der Waals surface area contributed by atoms with Gasteiger partial charge >= 0.3 is 0 Å². The monoisotopic (exact) mass is 318 g/mol. The Balaban J connectivity index is 1.70. The van der Waals surface area contributed by atoms with Crippen LogP contribution in [-0.2, 0) is 13.0 Å². The van der Waals surface area contributed by atoms with Gasteiger partial charge in [0, 0.05) is 18.3 Å². The van der Waals surface area contributed by atoms with Crippen molar-refractivity contribution in [1.82, 2.24) is 9.97 Å². The van der Waals surface area contributed by atoms with Crippen molar-refractivity contribution in [2.24, 2.45) is 0 Å². The van der Waals surface area contributed by atoms with Gasteiger partial charge in [-0.15, -0.1) is 0 Å². The zero-order valence-corrected chi connectivity index (χ0v) is 14.1. The number of aromatic nitrogens is 2. The number of rotatable bonds is 6. The molecule has 3 aromatic rings. The summed E-state index contributed by atoms with van der Waals surface area (Å²) >= 11 is 0. The lowest BCUT2D eigenvalue weighted by atomic mass is 10.1. The van der Waals surface area contributed by atoms with Crippen LogP contribution in [0.5, 0.6) is 0 Å². The van der Waals surface area contributed by atoms with Gasteiger partial charge in [-0.3, -0.25) is 0 Å². The van der Waals surface area contributed by atoms with Crippen LogP contribution in [0.25, 0.3) is 0 Å². The van der Waals surface area contributed by atoms with E-state index in [1.165, 1.54) is 11.1 Å². The molecule has 0 amide bonds. The van der Waals surface area contributed by atoms with Crippen LogP contribution in [0.15, 0.2) is 60.7 Å². The van der Waals surface area contributed by atoms with E-state index >= 15 is 0 Å². The first-order chi connectivity index (χ1) is 11.7. The summed E-state index contributed by atoms with van der Waals surface area (Å²) in [6, 6.07) is 20.6. The van der Waals surface area contributed by atoms with Crippen molar-refractivity contribution in [3.63, 3.8) is 0 Å². The molecular weight excluding hydrogens is 296 g/mol.